The summed E-state index contributed by atoms with van der Waals surface area (Å²) in [6, 6.07) is -0.122. The van der Waals surface area contributed by atoms with Gasteiger partial charge in [-0.05, 0) is 20.8 Å². The number of aromatic nitrogens is 1. The van der Waals surface area contributed by atoms with Gasteiger partial charge in [0.1, 0.15) is 11.3 Å². The maximum atomic E-state index is 12.1. The first-order valence-electron chi connectivity index (χ1n) is 6.03. The molecule has 1 aliphatic rings. The minimum Gasteiger partial charge on any atom is -0.465 e. The monoisotopic (exact) mass is 264 g/mol. The quantitative estimate of drug-likeness (QED) is 0.755. The first-order chi connectivity index (χ1) is 8.88. The molecule has 2 rings (SSSR count). The number of carbonyl (C=O) groups excluding carboxylic acids is 2. The molecule has 2 atom stereocenters. The zero-order valence-corrected chi connectivity index (χ0v) is 11.3. The van der Waals surface area contributed by atoms with E-state index in [1.165, 1.54) is 13.3 Å². The van der Waals surface area contributed by atoms with E-state index in [1.807, 2.05) is 13.8 Å². The Bertz CT molecular complexity index is 618. The first kappa shape index (κ1) is 13.3. The van der Waals surface area contributed by atoms with Crippen molar-refractivity contribution in [3.8, 4) is 0 Å². The van der Waals surface area contributed by atoms with E-state index in [0.717, 1.165) is 0 Å². The molecule has 0 fully saturated rings. The SMILES string of the molecule is COC(=O)c1cn2c(c(C)c1=O)C(=O)N[C@@H](C)[C@H]2C. The number of ether oxygens (including phenoxy) is 1. The highest BCUT2D eigenvalue weighted by atomic mass is 16.5. The van der Waals surface area contributed by atoms with E-state index in [0.29, 0.717) is 5.69 Å². The van der Waals surface area contributed by atoms with Crippen LogP contribution in [-0.2, 0) is 4.74 Å². The lowest BCUT2D eigenvalue weighted by molar-refractivity contribution is 0.0596. The molecule has 0 saturated heterocycles. The summed E-state index contributed by atoms with van der Waals surface area (Å²) in [5, 5.41) is 2.80. The first-order valence-corrected chi connectivity index (χ1v) is 6.03. The lowest BCUT2D eigenvalue weighted by atomic mass is 10.0. The van der Waals surface area contributed by atoms with Crippen LogP contribution in [-0.4, -0.2) is 29.6 Å². The number of amides is 1. The number of pyridine rings is 1. The molecule has 1 aliphatic heterocycles. The number of carbonyl (C=O) groups is 2. The Labute approximate surface area is 110 Å². The Balaban J connectivity index is 2.75. The number of rotatable bonds is 1. The Kier molecular flexibility index (Phi) is 3.18. The molecule has 102 valence electrons. The third kappa shape index (κ3) is 1.93. The van der Waals surface area contributed by atoms with Crippen LogP contribution in [0.1, 0.15) is 46.3 Å². The predicted molar refractivity (Wildman–Crippen MR) is 68.4 cm³/mol. The van der Waals surface area contributed by atoms with Gasteiger partial charge >= 0.3 is 5.97 Å². The average Bonchev–Trinajstić information content (AvgIpc) is 2.38. The Morgan fingerprint density at radius 3 is 2.58 bits per heavy atom. The topological polar surface area (TPSA) is 77.4 Å². The van der Waals surface area contributed by atoms with Crippen molar-refractivity contribution >= 4 is 11.9 Å². The van der Waals surface area contributed by atoms with Crippen LogP contribution in [0.15, 0.2) is 11.0 Å². The third-order valence-electron chi connectivity index (χ3n) is 3.61. The van der Waals surface area contributed by atoms with Crippen molar-refractivity contribution in [2.45, 2.75) is 32.9 Å². The van der Waals surface area contributed by atoms with E-state index in [2.05, 4.69) is 10.1 Å². The number of nitrogens with one attached hydrogen (secondary N) is 1. The van der Waals surface area contributed by atoms with Crippen molar-refractivity contribution in [3.63, 3.8) is 0 Å². The van der Waals surface area contributed by atoms with Gasteiger partial charge in [-0.3, -0.25) is 9.59 Å². The zero-order chi connectivity index (χ0) is 14.3. The number of methoxy groups -OCH3 is 1. The normalized spacial score (nSPS) is 21.6. The van der Waals surface area contributed by atoms with E-state index in [1.54, 1.807) is 11.5 Å². The number of hydrogen-bond acceptors (Lipinski definition) is 4. The minimum absolute atomic E-state index is 0.0440. The Morgan fingerprint density at radius 2 is 2.00 bits per heavy atom. The van der Waals surface area contributed by atoms with Crippen molar-refractivity contribution in [1.29, 1.82) is 0 Å². The molecule has 0 bridgehead atoms. The summed E-state index contributed by atoms with van der Waals surface area (Å²) in [6.07, 6.45) is 1.41. The predicted octanol–water partition coefficient (Wildman–Crippen LogP) is 0.636. The summed E-state index contributed by atoms with van der Waals surface area (Å²) >= 11 is 0. The van der Waals surface area contributed by atoms with Crippen molar-refractivity contribution in [1.82, 2.24) is 9.88 Å². The fraction of sp³-hybridized carbons (Fsp3) is 0.462. The summed E-state index contributed by atoms with van der Waals surface area (Å²) < 4.78 is 6.27. The van der Waals surface area contributed by atoms with Gasteiger partial charge in [0.15, 0.2) is 5.43 Å². The van der Waals surface area contributed by atoms with Crippen LogP contribution in [0.5, 0.6) is 0 Å². The number of hydrogen-bond donors (Lipinski definition) is 1. The molecule has 6 heteroatoms. The molecule has 2 heterocycles. The smallest absolute Gasteiger partial charge is 0.343 e. The highest BCUT2D eigenvalue weighted by molar-refractivity contribution is 5.96. The third-order valence-corrected chi connectivity index (χ3v) is 3.61. The molecule has 1 N–H and O–H groups in total. The molecule has 1 aromatic rings. The average molecular weight is 264 g/mol. The Hall–Kier alpha value is -2.11. The van der Waals surface area contributed by atoms with E-state index < -0.39 is 11.4 Å². The number of fused-ring (bicyclic) bond motifs is 1. The molecule has 1 amide bonds. The molecule has 0 unspecified atom stereocenters. The van der Waals surface area contributed by atoms with Gasteiger partial charge in [-0.25, -0.2) is 4.79 Å². The molecule has 19 heavy (non-hydrogen) atoms. The van der Waals surface area contributed by atoms with Crippen molar-refractivity contribution in [2.24, 2.45) is 0 Å². The van der Waals surface area contributed by atoms with Crippen LogP contribution in [0.3, 0.4) is 0 Å². The van der Waals surface area contributed by atoms with Gasteiger partial charge in [-0.15, -0.1) is 0 Å². The molecular formula is C13H16N2O4. The fourth-order valence-electron chi connectivity index (χ4n) is 2.27. The number of nitrogens with zero attached hydrogens (tertiary/aromatic N) is 1. The van der Waals surface area contributed by atoms with Crippen LogP contribution < -0.4 is 10.7 Å². The van der Waals surface area contributed by atoms with Gasteiger partial charge in [-0.2, -0.15) is 0 Å². The summed E-state index contributed by atoms with van der Waals surface area (Å²) in [6.45, 7) is 5.33. The minimum atomic E-state index is -0.686. The Morgan fingerprint density at radius 1 is 1.37 bits per heavy atom. The van der Waals surface area contributed by atoms with Gasteiger partial charge in [0.05, 0.1) is 13.2 Å². The summed E-state index contributed by atoms with van der Waals surface area (Å²) in [5.41, 5.74) is 0.0647. The zero-order valence-electron chi connectivity index (χ0n) is 11.3. The maximum Gasteiger partial charge on any atom is 0.343 e. The van der Waals surface area contributed by atoms with Crippen molar-refractivity contribution < 1.29 is 14.3 Å². The molecule has 0 spiro atoms. The highest BCUT2D eigenvalue weighted by Gasteiger charge is 2.31. The largest absolute Gasteiger partial charge is 0.465 e. The second kappa shape index (κ2) is 4.53. The van der Waals surface area contributed by atoms with Gasteiger partial charge in [0.2, 0.25) is 0 Å². The maximum absolute atomic E-state index is 12.1. The van der Waals surface area contributed by atoms with Gasteiger partial charge in [-0.1, -0.05) is 0 Å². The summed E-state index contributed by atoms with van der Waals surface area (Å²) in [5.74, 6) is -0.981. The summed E-state index contributed by atoms with van der Waals surface area (Å²) in [4.78, 5) is 35.7. The van der Waals surface area contributed by atoms with Crippen LogP contribution in [0.4, 0.5) is 0 Å². The molecule has 0 radical (unpaired) electrons. The van der Waals surface area contributed by atoms with E-state index >= 15 is 0 Å². The van der Waals surface area contributed by atoms with Crippen LogP contribution in [0, 0.1) is 6.92 Å². The van der Waals surface area contributed by atoms with E-state index in [4.69, 9.17) is 0 Å². The fourth-order valence-corrected chi connectivity index (χ4v) is 2.27. The van der Waals surface area contributed by atoms with E-state index in [9.17, 15) is 14.4 Å². The summed E-state index contributed by atoms with van der Waals surface area (Å²) in [7, 11) is 1.22. The lowest BCUT2D eigenvalue weighted by Gasteiger charge is -2.32. The van der Waals surface area contributed by atoms with E-state index in [-0.39, 0.29) is 29.1 Å². The highest BCUT2D eigenvalue weighted by Crippen LogP contribution is 2.21. The van der Waals surface area contributed by atoms with Crippen molar-refractivity contribution in [3.05, 3.63) is 33.2 Å². The van der Waals surface area contributed by atoms with Crippen LogP contribution >= 0.6 is 0 Å². The van der Waals surface area contributed by atoms with Gasteiger partial charge in [0.25, 0.3) is 5.91 Å². The lowest BCUT2D eigenvalue weighted by Crippen LogP contribution is -2.47. The van der Waals surface area contributed by atoms with Crippen LogP contribution in [0.25, 0.3) is 0 Å². The molecule has 1 aromatic heterocycles. The number of esters is 1. The van der Waals surface area contributed by atoms with Gasteiger partial charge in [0, 0.05) is 17.8 Å². The standard InChI is InChI=1S/C13H16N2O4/c1-6-10-12(17)14-7(2)8(3)15(10)5-9(11(6)16)13(18)19-4/h5,7-8H,1-4H3,(H,14,17)/t7-,8+/m0/s1. The van der Waals surface area contributed by atoms with Gasteiger partial charge < -0.3 is 14.6 Å². The molecule has 0 aliphatic carbocycles. The second-order valence-corrected chi connectivity index (χ2v) is 4.75. The molecule has 0 saturated carbocycles. The van der Waals surface area contributed by atoms with Crippen LogP contribution in [0.2, 0.25) is 0 Å². The van der Waals surface area contributed by atoms with Crippen molar-refractivity contribution in [2.75, 3.05) is 7.11 Å². The molecule has 6 nitrogen and oxygen atoms in total. The second-order valence-electron chi connectivity index (χ2n) is 4.75. The molecular weight excluding hydrogens is 248 g/mol. The molecule has 0 aromatic carbocycles.